The van der Waals surface area contributed by atoms with Gasteiger partial charge in [0.1, 0.15) is 11.4 Å². The van der Waals surface area contributed by atoms with E-state index in [1.54, 1.807) is 6.92 Å². The number of carbonyl (C=O) groups is 1. The van der Waals surface area contributed by atoms with Crippen LogP contribution in [0, 0.1) is 6.92 Å². The Labute approximate surface area is 121 Å². The minimum Gasteiger partial charge on any atom is -0.394 e. The average Bonchev–Trinajstić information content (AvgIpc) is 3.30. The molecule has 1 amide bonds. The molecule has 1 aromatic rings. The second-order valence-corrected chi connectivity index (χ2v) is 5.60. The van der Waals surface area contributed by atoms with Gasteiger partial charge in [0.25, 0.3) is 11.5 Å². The van der Waals surface area contributed by atoms with Crippen molar-refractivity contribution in [3.05, 3.63) is 27.4 Å². The number of aliphatic hydroxyl groups is 1. The van der Waals surface area contributed by atoms with Crippen LogP contribution in [0.5, 0.6) is 0 Å². The summed E-state index contributed by atoms with van der Waals surface area (Å²) in [4.78, 5) is 33.4. The molecule has 0 spiro atoms. The van der Waals surface area contributed by atoms with E-state index in [9.17, 15) is 14.7 Å². The zero-order valence-corrected chi connectivity index (χ0v) is 12.0. The number of aromatic amines is 1. The van der Waals surface area contributed by atoms with Gasteiger partial charge in [-0.25, -0.2) is 4.98 Å². The van der Waals surface area contributed by atoms with Crippen molar-refractivity contribution in [3.63, 3.8) is 0 Å². The summed E-state index contributed by atoms with van der Waals surface area (Å²) in [5.74, 6) is 0.620. The monoisotopic (exact) mass is 293 g/mol. The third kappa shape index (κ3) is 2.71. The van der Waals surface area contributed by atoms with E-state index in [2.05, 4.69) is 9.97 Å². The number of rotatable bonds is 3. The normalized spacial score (nSPS) is 22.4. The standard InChI is InChI=1S/C14H19N3O4/c1-8-11(13(19)16-12(15-8)9-2-3-9)14(20)17-4-5-21-7-10(17)6-18/h9-10,18H,2-7H2,1H3,(H,15,16,19). The van der Waals surface area contributed by atoms with Crippen molar-refractivity contribution in [3.8, 4) is 0 Å². The van der Waals surface area contributed by atoms with Gasteiger partial charge >= 0.3 is 0 Å². The van der Waals surface area contributed by atoms with Gasteiger partial charge in [-0.05, 0) is 19.8 Å². The van der Waals surface area contributed by atoms with Gasteiger partial charge in [0.2, 0.25) is 0 Å². The van der Waals surface area contributed by atoms with Crippen LogP contribution in [0.15, 0.2) is 4.79 Å². The van der Waals surface area contributed by atoms with Gasteiger partial charge in [-0.3, -0.25) is 9.59 Å². The maximum Gasteiger partial charge on any atom is 0.264 e. The smallest absolute Gasteiger partial charge is 0.264 e. The molecular formula is C14H19N3O4. The Morgan fingerprint density at radius 3 is 2.90 bits per heavy atom. The predicted molar refractivity (Wildman–Crippen MR) is 74.3 cm³/mol. The first-order valence-electron chi connectivity index (χ1n) is 7.22. The summed E-state index contributed by atoms with van der Waals surface area (Å²) in [7, 11) is 0. The second-order valence-electron chi connectivity index (χ2n) is 5.60. The highest BCUT2D eigenvalue weighted by atomic mass is 16.5. The Kier molecular flexibility index (Phi) is 3.77. The highest BCUT2D eigenvalue weighted by Crippen LogP contribution is 2.37. The van der Waals surface area contributed by atoms with E-state index in [0.717, 1.165) is 12.8 Å². The van der Waals surface area contributed by atoms with Crippen molar-refractivity contribution in [1.29, 1.82) is 0 Å². The van der Waals surface area contributed by atoms with E-state index in [1.807, 2.05) is 0 Å². The van der Waals surface area contributed by atoms with Crippen molar-refractivity contribution in [2.75, 3.05) is 26.4 Å². The zero-order chi connectivity index (χ0) is 15.0. The first-order valence-corrected chi connectivity index (χ1v) is 7.22. The summed E-state index contributed by atoms with van der Waals surface area (Å²) in [5, 5.41) is 9.35. The van der Waals surface area contributed by atoms with Crippen LogP contribution in [0.4, 0.5) is 0 Å². The number of nitrogens with zero attached hydrogens (tertiary/aromatic N) is 2. The number of aromatic nitrogens is 2. The first-order chi connectivity index (χ1) is 10.1. The summed E-state index contributed by atoms with van der Waals surface area (Å²) in [6.07, 6.45) is 2.07. The molecule has 7 heteroatoms. The molecule has 1 aliphatic carbocycles. The molecule has 0 aromatic carbocycles. The summed E-state index contributed by atoms with van der Waals surface area (Å²) in [5.41, 5.74) is 0.131. The molecule has 21 heavy (non-hydrogen) atoms. The van der Waals surface area contributed by atoms with E-state index in [4.69, 9.17) is 4.74 Å². The molecule has 2 fully saturated rings. The van der Waals surface area contributed by atoms with E-state index < -0.39 is 11.6 Å². The van der Waals surface area contributed by atoms with Crippen molar-refractivity contribution < 1.29 is 14.6 Å². The van der Waals surface area contributed by atoms with Gasteiger partial charge in [-0.1, -0.05) is 0 Å². The Morgan fingerprint density at radius 2 is 2.29 bits per heavy atom. The lowest BCUT2D eigenvalue weighted by Crippen LogP contribution is -2.51. The Bertz CT molecular complexity index is 609. The van der Waals surface area contributed by atoms with Crippen LogP contribution in [0.2, 0.25) is 0 Å². The lowest BCUT2D eigenvalue weighted by Gasteiger charge is -2.34. The number of amides is 1. The third-order valence-electron chi connectivity index (χ3n) is 4.00. The number of aryl methyl sites for hydroxylation is 1. The molecule has 2 heterocycles. The zero-order valence-electron chi connectivity index (χ0n) is 12.0. The number of nitrogens with one attached hydrogen (secondary N) is 1. The number of carbonyl (C=O) groups excluding carboxylic acids is 1. The molecular weight excluding hydrogens is 274 g/mol. The molecule has 1 aromatic heterocycles. The van der Waals surface area contributed by atoms with Crippen LogP contribution in [0.3, 0.4) is 0 Å². The number of ether oxygens (including phenoxy) is 1. The van der Waals surface area contributed by atoms with Crippen molar-refractivity contribution in [2.45, 2.75) is 31.7 Å². The molecule has 114 valence electrons. The quantitative estimate of drug-likeness (QED) is 0.804. The lowest BCUT2D eigenvalue weighted by molar-refractivity contribution is -0.0185. The number of H-pyrrole nitrogens is 1. The second kappa shape index (κ2) is 5.57. The van der Waals surface area contributed by atoms with Crippen molar-refractivity contribution in [2.24, 2.45) is 0 Å². The van der Waals surface area contributed by atoms with Crippen LogP contribution < -0.4 is 5.56 Å². The van der Waals surface area contributed by atoms with Crippen LogP contribution in [-0.4, -0.2) is 58.3 Å². The number of hydrogen-bond donors (Lipinski definition) is 2. The van der Waals surface area contributed by atoms with Crippen LogP contribution in [0.25, 0.3) is 0 Å². The molecule has 1 atom stereocenters. The predicted octanol–water partition coefficient (Wildman–Crippen LogP) is -0.211. The molecule has 1 saturated carbocycles. The van der Waals surface area contributed by atoms with E-state index in [-0.39, 0.29) is 24.7 Å². The molecule has 0 radical (unpaired) electrons. The molecule has 7 nitrogen and oxygen atoms in total. The molecule has 3 rings (SSSR count). The Balaban J connectivity index is 1.91. The van der Waals surface area contributed by atoms with Gasteiger partial charge in [0.15, 0.2) is 0 Å². The van der Waals surface area contributed by atoms with Gasteiger partial charge < -0.3 is 19.7 Å². The fourth-order valence-electron chi connectivity index (χ4n) is 2.63. The van der Waals surface area contributed by atoms with Crippen molar-refractivity contribution >= 4 is 5.91 Å². The van der Waals surface area contributed by atoms with Gasteiger partial charge in [-0.15, -0.1) is 0 Å². The number of hydrogen-bond acceptors (Lipinski definition) is 5. The lowest BCUT2D eigenvalue weighted by atomic mass is 10.1. The van der Waals surface area contributed by atoms with E-state index >= 15 is 0 Å². The minimum absolute atomic E-state index is 0.0692. The molecule has 1 saturated heterocycles. The summed E-state index contributed by atoms with van der Waals surface area (Å²) in [6, 6.07) is -0.409. The Morgan fingerprint density at radius 1 is 1.52 bits per heavy atom. The topological polar surface area (TPSA) is 95.5 Å². The molecule has 2 N–H and O–H groups in total. The van der Waals surface area contributed by atoms with Gasteiger partial charge in [0.05, 0.1) is 31.6 Å². The SMILES string of the molecule is Cc1nc(C2CC2)[nH]c(=O)c1C(=O)N1CCOCC1CO. The summed E-state index contributed by atoms with van der Waals surface area (Å²) < 4.78 is 5.25. The summed E-state index contributed by atoms with van der Waals surface area (Å²) >= 11 is 0. The summed E-state index contributed by atoms with van der Waals surface area (Å²) in [6.45, 7) is 2.56. The van der Waals surface area contributed by atoms with Crippen LogP contribution >= 0.6 is 0 Å². The van der Waals surface area contributed by atoms with E-state index in [0.29, 0.717) is 30.6 Å². The maximum absolute atomic E-state index is 12.6. The molecule has 1 aliphatic heterocycles. The fourth-order valence-corrected chi connectivity index (χ4v) is 2.63. The van der Waals surface area contributed by atoms with Gasteiger partial charge in [0, 0.05) is 12.5 Å². The molecule has 2 aliphatic rings. The highest BCUT2D eigenvalue weighted by Gasteiger charge is 2.32. The van der Waals surface area contributed by atoms with Crippen molar-refractivity contribution in [1.82, 2.24) is 14.9 Å². The molecule has 1 unspecified atom stereocenters. The number of aliphatic hydroxyl groups excluding tert-OH is 1. The first kappa shape index (κ1) is 14.2. The van der Waals surface area contributed by atoms with Crippen LogP contribution in [-0.2, 0) is 4.74 Å². The largest absolute Gasteiger partial charge is 0.394 e. The average molecular weight is 293 g/mol. The fraction of sp³-hybridized carbons (Fsp3) is 0.643. The van der Waals surface area contributed by atoms with Crippen LogP contribution in [0.1, 0.15) is 40.6 Å². The van der Waals surface area contributed by atoms with E-state index in [1.165, 1.54) is 4.90 Å². The Hall–Kier alpha value is -1.73. The number of morpholine rings is 1. The molecule has 0 bridgehead atoms. The minimum atomic E-state index is -0.409. The maximum atomic E-state index is 12.6. The highest BCUT2D eigenvalue weighted by molar-refractivity contribution is 5.95. The van der Waals surface area contributed by atoms with Gasteiger partial charge in [-0.2, -0.15) is 0 Å². The third-order valence-corrected chi connectivity index (χ3v) is 4.00.